The van der Waals surface area contributed by atoms with Crippen LogP contribution in [-0.4, -0.2) is 26.2 Å². The maximum atomic E-state index is 11.6. The number of carboxylic acids is 1. The highest BCUT2D eigenvalue weighted by Gasteiger charge is 2.29. The van der Waals surface area contributed by atoms with E-state index in [1.807, 2.05) is 19.1 Å². The number of hydrogen-bond acceptors (Lipinski definition) is 5. The van der Waals surface area contributed by atoms with Crippen LogP contribution in [0.4, 0.5) is 0 Å². The minimum Gasteiger partial charge on any atom is -0.479 e. The van der Waals surface area contributed by atoms with E-state index < -0.39 is 12.1 Å². The van der Waals surface area contributed by atoms with Crippen molar-refractivity contribution in [3.05, 3.63) is 45.7 Å². The van der Waals surface area contributed by atoms with E-state index in [1.54, 1.807) is 24.5 Å². The molecule has 3 aromatic heterocycles. The van der Waals surface area contributed by atoms with Crippen molar-refractivity contribution >= 4 is 27.5 Å². The van der Waals surface area contributed by atoms with Gasteiger partial charge in [-0.05, 0) is 62.8 Å². The molecule has 134 valence electrons. The van der Waals surface area contributed by atoms with E-state index in [-0.39, 0.29) is 0 Å². The van der Waals surface area contributed by atoms with Crippen molar-refractivity contribution in [2.24, 2.45) is 0 Å². The van der Waals surface area contributed by atoms with Crippen molar-refractivity contribution < 1.29 is 15.0 Å². The number of pyridine rings is 2. The van der Waals surface area contributed by atoms with Crippen LogP contribution in [0.15, 0.2) is 18.3 Å². The van der Waals surface area contributed by atoms with Crippen molar-refractivity contribution in [1.82, 2.24) is 9.97 Å². The SMILES string of the molecule is Cc1cc(-c2c(C(O)C(=O)O)c(C)nc3sc4c(c23)CCCC4)ccn1. The maximum Gasteiger partial charge on any atom is 0.337 e. The highest BCUT2D eigenvalue weighted by molar-refractivity contribution is 7.19. The van der Waals surface area contributed by atoms with Crippen LogP contribution in [-0.2, 0) is 17.6 Å². The van der Waals surface area contributed by atoms with Crippen LogP contribution in [0.25, 0.3) is 21.3 Å². The molecule has 0 amide bonds. The maximum absolute atomic E-state index is 11.6. The zero-order valence-corrected chi connectivity index (χ0v) is 15.6. The zero-order valence-electron chi connectivity index (χ0n) is 14.7. The summed E-state index contributed by atoms with van der Waals surface area (Å²) in [6, 6.07) is 3.82. The molecule has 0 radical (unpaired) electrons. The Morgan fingerprint density at radius 2 is 2.04 bits per heavy atom. The molecule has 2 N–H and O–H groups in total. The molecule has 6 heteroatoms. The molecule has 0 aliphatic heterocycles. The Balaban J connectivity index is 2.14. The summed E-state index contributed by atoms with van der Waals surface area (Å²) in [4.78, 5) is 22.8. The molecule has 3 heterocycles. The van der Waals surface area contributed by atoms with E-state index in [0.717, 1.165) is 46.3 Å². The van der Waals surface area contributed by atoms with E-state index >= 15 is 0 Å². The van der Waals surface area contributed by atoms with Gasteiger partial charge in [0, 0.05) is 39.0 Å². The first-order valence-corrected chi connectivity index (χ1v) is 9.57. The second kappa shape index (κ2) is 6.45. The fourth-order valence-corrected chi connectivity index (χ4v) is 5.19. The third-order valence-corrected chi connectivity index (χ3v) is 6.21. The van der Waals surface area contributed by atoms with Gasteiger partial charge in [0.1, 0.15) is 4.83 Å². The molecule has 0 fully saturated rings. The number of aliphatic hydroxyl groups is 1. The smallest absolute Gasteiger partial charge is 0.337 e. The van der Waals surface area contributed by atoms with Crippen LogP contribution in [0.5, 0.6) is 0 Å². The minimum atomic E-state index is -1.60. The van der Waals surface area contributed by atoms with Crippen molar-refractivity contribution in [2.45, 2.75) is 45.6 Å². The summed E-state index contributed by atoms with van der Waals surface area (Å²) in [5, 5.41) is 20.9. The van der Waals surface area contributed by atoms with E-state index in [4.69, 9.17) is 0 Å². The number of aryl methyl sites for hydroxylation is 4. The molecule has 1 aliphatic rings. The predicted molar refractivity (Wildman–Crippen MR) is 102 cm³/mol. The molecule has 1 unspecified atom stereocenters. The summed E-state index contributed by atoms with van der Waals surface area (Å²) >= 11 is 1.70. The summed E-state index contributed by atoms with van der Waals surface area (Å²) in [5.41, 5.74) is 4.76. The Hall–Kier alpha value is -2.31. The average molecular weight is 368 g/mol. The first-order chi connectivity index (χ1) is 12.5. The van der Waals surface area contributed by atoms with Crippen molar-refractivity contribution in [3.8, 4) is 11.1 Å². The van der Waals surface area contributed by atoms with Crippen molar-refractivity contribution in [3.63, 3.8) is 0 Å². The van der Waals surface area contributed by atoms with Gasteiger partial charge in [-0.3, -0.25) is 4.98 Å². The van der Waals surface area contributed by atoms with Crippen LogP contribution in [0.1, 0.15) is 46.3 Å². The lowest BCUT2D eigenvalue weighted by Gasteiger charge is -2.18. The summed E-state index contributed by atoms with van der Waals surface area (Å²) < 4.78 is 0. The minimum absolute atomic E-state index is 0.391. The van der Waals surface area contributed by atoms with Gasteiger partial charge in [-0.25, -0.2) is 9.78 Å². The van der Waals surface area contributed by atoms with Gasteiger partial charge in [-0.2, -0.15) is 0 Å². The highest BCUT2D eigenvalue weighted by atomic mass is 32.1. The van der Waals surface area contributed by atoms with Gasteiger partial charge in [-0.15, -0.1) is 11.3 Å². The Morgan fingerprint density at radius 3 is 2.77 bits per heavy atom. The van der Waals surface area contributed by atoms with Gasteiger partial charge in [-0.1, -0.05) is 0 Å². The first-order valence-electron chi connectivity index (χ1n) is 8.76. The van der Waals surface area contributed by atoms with E-state index in [9.17, 15) is 15.0 Å². The second-order valence-corrected chi connectivity index (χ2v) is 7.89. The summed E-state index contributed by atoms with van der Waals surface area (Å²) in [6.07, 6.45) is 4.43. The molecular formula is C20H20N2O3S. The molecule has 0 aromatic carbocycles. The van der Waals surface area contributed by atoms with Gasteiger partial charge in [0.2, 0.25) is 0 Å². The monoisotopic (exact) mass is 368 g/mol. The lowest BCUT2D eigenvalue weighted by Crippen LogP contribution is -2.14. The number of aromatic nitrogens is 2. The fourth-order valence-electron chi connectivity index (χ4n) is 3.88. The number of nitrogens with zero attached hydrogens (tertiary/aromatic N) is 2. The quantitative estimate of drug-likeness (QED) is 0.731. The molecule has 0 saturated carbocycles. The van der Waals surface area contributed by atoms with Crippen LogP contribution in [0.2, 0.25) is 0 Å². The third-order valence-electron chi connectivity index (χ3n) is 5.02. The van der Waals surface area contributed by atoms with Crippen LogP contribution >= 0.6 is 11.3 Å². The standard InChI is InChI=1S/C20H20N2O3S/c1-10-9-12(7-8-21-10)16-15(18(23)20(24)25)11(2)22-19-17(16)13-5-3-4-6-14(13)26-19/h7-9,18,23H,3-6H2,1-2H3,(H,24,25). The number of thiophene rings is 1. The Morgan fingerprint density at radius 1 is 1.27 bits per heavy atom. The summed E-state index contributed by atoms with van der Waals surface area (Å²) in [5.74, 6) is -1.26. The zero-order chi connectivity index (χ0) is 18.4. The number of fused-ring (bicyclic) bond motifs is 3. The number of carboxylic acid groups (broad SMARTS) is 1. The number of carbonyl (C=O) groups is 1. The van der Waals surface area contributed by atoms with Crippen LogP contribution in [0, 0.1) is 13.8 Å². The molecule has 1 atom stereocenters. The fraction of sp³-hybridized carbons (Fsp3) is 0.350. The largest absolute Gasteiger partial charge is 0.479 e. The van der Waals surface area contributed by atoms with E-state index in [0.29, 0.717) is 11.3 Å². The molecule has 0 spiro atoms. The van der Waals surface area contributed by atoms with Gasteiger partial charge in [0.15, 0.2) is 6.10 Å². The average Bonchev–Trinajstić information content (AvgIpc) is 2.97. The Kier molecular flexibility index (Phi) is 4.25. The van der Waals surface area contributed by atoms with Gasteiger partial charge in [0.25, 0.3) is 0 Å². The molecule has 26 heavy (non-hydrogen) atoms. The van der Waals surface area contributed by atoms with Crippen molar-refractivity contribution in [1.29, 1.82) is 0 Å². The van der Waals surface area contributed by atoms with Crippen LogP contribution < -0.4 is 0 Å². The summed E-state index contributed by atoms with van der Waals surface area (Å²) in [6.45, 7) is 3.68. The number of aliphatic carboxylic acids is 1. The number of hydrogen-bond donors (Lipinski definition) is 2. The van der Waals surface area contributed by atoms with E-state index in [2.05, 4.69) is 9.97 Å². The molecule has 4 rings (SSSR count). The highest BCUT2D eigenvalue weighted by Crippen LogP contribution is 2.44. The first kappa shape index (κ1) is 17.1. The molecule has 1 aliphatic carbocycles. The number of rotatable bonds is 3. The Labute approximate surface area is 155 Å². The molecule has 3 aromatic rings. The van der Waals surface area contributed by atoms with Gasteiger partial charge in [0.05, 0.1) is 0 Å². The van der Waals surface area contributed by atoms with Gasteiger partial charge >= 0.3 is 5.97 Å². The lowest BCUT2D eigenvalue weighted by molar-refractivity contribution is -0.146. The van der Waals surface area contributed by atoms with Gasteiger partial charge < -0.3 is 10.2 Å². The molecule has 0 saturated heterocycles. The Bertz CT molecular complexity index is 1030. The molecular weight excluding hydrogens is 348 g/mol. The lowest BCUT2D eigenvalue weighted by atomic mass is 9.88. The summed E-state index contributed by atoms with van der Waals surface area (Å²) in [7, 11) is 0. The van der Waals surface area contributed by atoms with Crippen molar-refractivity contribution in [2.75, 3.05) is 0 Å². The molecule has 0 bridgehead atoms. The third kappa shape index (κ3) is 2.70. The van der Waals surface area contributed by atoms with Crippen LogP contribution in [0.3, 0.4) is 0 Å². The van der Waals surface area contributed by atoms with E-state index in [1.165, 1.54) is 16.9 Å². The normalized spacial score (nSPS) is 15.0. The number of aliphatic hydroxyl groups excluding tert-OH is 1. The molecule has 5 nitrogen and oxygen atoms in total. The topological polar surface area (TPSA) is 83.3 Å². The predicted octanol–water partition coefficient (Wildman–Crippen LogP) is 3.97. The second-order valence-electron chi connectivity index (χ2n) is 6.80.